The molecule has 0 fully saturated rings. The van der Waals surface area contributed by atoms with Crippen LogP contribution in [-0.2, 0) is 28.9 Å². The minimum atomic E-state index is -0.711. The zero-order valence-electron chi connectivity index (χ0n) is 17.3. The number of aromatic nitrogens is 4. The first kappa shape index (κ1) is 20.5. The van der Waals surface area contributed by atoms with Crippen molar-refractivity contribution in [2.75, 3.05) is 7.11 Å². The van der Waals surface area contributed by atoms with Gasteiger partial charge in [-0.1, -0.05) is 30.3 Å². The van der Waals surface area contributed by atoms with Gasteiger partial charge in [-0.25, -0.2) is 9.78 Å². The predicted molar refractivity (Wildman–Crippen MR) is 116 cm³/mol. The minimum absolute atomic E-state index is 0.118. The Kier molecular flexibility index (Phi) is 5.62. The molecule has 0 aromatic heterocycles. The van der Waals surface area contributed by atoms with Gasteiger partial charge in [-0.15, -0.1) is 0 Å². The van der Waals surface area contributed by atoms with E-state index >= 15 is 0 Å². The molecule has 2 heterocycles. The lowest BCUT2D eigenvalue weighted by molar-refractivity contribution is -0.139. The molecule has 0 saturated heterocycles. The summed E-state index contributed by atoms with van der Waals surface area (Å²) >= 11 is 0. The van der Waals surface area contributed by atoms with Gasteiger partial charge in [-0.3, -0.25) is 14.6 Å². The number of ether oxygens (including phenoxy) is 1. The van der Waals surface area contributed by atoms with E-state index in [2.05, 4.69) is 27.1 Å². The SMILES string of the molecule is COC(=O)Cc1cc2c(cc1C)nc1c(=O)[nH]c(=O)nc-1n2CCCc1ccccc1. The maximum Gasteiger partial charge on any atom is 0.349 e. The zero-order chi connectivity index (χ0) is 22.0. The van der Waals surface area contributed by atoms with E-state index in [9.17, 15) is 14.4 Å². The van der Waals surface area contributed by atoms with Gasteiger partial charge in [0.2, 0.25) is 0 Å². The lowest BCUT2D eigenvalue weighted by Crippen LogP contribution is -2.29. The molecule has 4 rings (SSSR count). The van der Waals surface area contributed by atoms with Gasteiger partial charge in [0.15, 0.2) is 11.5 Å². The molecule has 0 saturated carbocycles. The predicted octanol–water partition coefficient (Wildman–Crippen LogP) is 2.24. The van der Waals surface area contributed by atoms with Gasteiger partial charge >= 0.3 is 11.7 Å². The van der Waals surface area contributed by atoms with Gasteiger partial charge in [0.1, 0.15) is 0 Å². The van der Waals surface area contributed by atoms with Crippen molar-refractivity contribution in [2.45, 2.75) is 32.7 Å². The largest absolute Gasteiger partial charge is 0.469 e. The third-order valence-electron chi connectivity index (χ3n) is 5.32. The number of methoxy groups -OCH3 is 1. The first-order valence-corrected chi connectivity index (χ1v) is 10.0. The second kappa shape index (κ2) is 8.51. The summed E-state index contributed by atoms with van der Waals surface area (Å²) in [6.07, 6.45) is 1.72. The summed E-state index contributed by atoms with van der Waals surface area (Å²) in [7, 11) is 1.35. The molecule has 31 heavy (non-hydrogen) atoms. The van der Waals surface area contributed by atoms with E-state index in [-0.39, 0.29) is 23.9 Å². The molecule has 2 aromatic carbocycles. The van der Waals surface area contributed by atoms with Crippen molar-refractivity contribution >= 4 is 17.0 Å². The second-order valence-electron chi connectivity index (χ2n) is 7.42. The maximum absolute atomic E-state index is 12.4. The summed E-state index contributed by atoms with van der Waals surface area (Å²) in [4.78, 5) is 46.9. The van der Waals surface area contributed by atoms with Crippen molar-refractivity contribution in [1.82, 2.24) is 19.5 Å². The quantitative estimate of drug-likeness (QED) is 0.380. The van der Waals surface area contributed by atoms with E-state index in [1.807, 2.05) is 41.8 Å². The molecule has 0 atom stereocenters. The Morgan fingerprint density at radius 1 is 1.13 bits per heavy atom. The molecule has 158 valence electrons. The molecular weight excluding hydrogens is 396 g/mol. The molecular formula is C23H22N4O4. The number of carbonyl (C=O) groups is 1. The van der Waals surface area contributed by atoms with E-state index in [0.29, 0.717) is 17.6 Å². The van der Waals surface area contributed by atoms with Gasteiger partial charge in [0, 0.05) is 6.54 Å². The molecule has 2 aliphatic rings. The molecule has 0 amide bonds. The van der Waals surface area contributed by atoms with Crippen LogP contribution in [0.15, 0.2) is 52.1 Å². The number of aryl methyl sites for hydroxylation is 3. The van der Waals surface area contributed by atoms with Crippen LogP contribution in [0.1, 0.15) is 23.1 Å². The lowest BCUT2D eigenvalue weighted by atomic mass is 10.0. The van der Waals surface area contributed by atoms with Crippen LogP contribution in [0.3, 0.4) is 0 Å². The number of hydrogen-bond acceptors (Lipinski definition) is 6. The first-order chi connectivity index (χ1) is 15.0. The molecule has 0 unspecified atom stereocenters. The van der Waals surface area contributed by atoms with Crippen LogP contribution >= 0.6 is 0 Å². The Labute approximate surface area is 177 Å². The smallest absolute Gasteiger partial charge is 0.349 e. The van der Waals surface area contributed by atoms with Crippen molar-refractivity contribution in [3.63, 3.8) is 0 Å². The van der Waals surface area contributed by atoms with Crippen molar-refractivity contribution in [2.24, 2.45) is 0 Å². The number of benzene rings is 2. The van der Waals surface area contributed by atoms with Crippen LogP contribution in [0.25, 0.3) is 22.6 Å². The molecule has 8 heteroatoms. The van der Waals surface area contributed by atoms with Crippen molar-refractivity contribution < 1.29 is 9.53 Å². The Morgan fingerprint density at radius 2 is 1.90 bits per heavy atom. The summed E-state index contributed by atoms with van der Waals surface area (Å²) in [5.74, 6) is -0.106. The Morgan fingerprint density at radius 3 is 2.65 bits per heavy atom. The highest BCUT2D eigenvalue weighted by Crippen LogP contribution is 2.25. The van der Waals surface area contributed by atoms with E-state index < -0.39 is 11.2 Å². The number of esters is 1. The number of aromatic amines is 1. The second-order valence-corrected chi connectivity index (χ2v) is 7.42. The number of rotatable bonds is 6. The molecule has 2 aliphatic heterocycles. The average Bonchev–Trinajstić information content (AvgIpc) is 2.75. The van der Waals surface area contributed by atoms with Gasteiger partial charge in [-0.2, -0.15) is 4.98 Å². The number of hydrogen-bond donors (Lipinski definition) is 1. The number of fused-ring (bicyclic) bond motifs is 2. The molecule has 8 nitrogen and oxygen atoms in total. The monoisotopic (exact) mass is 418 g/mol. The lowest BCUT2D eigenvalue weighted by Gasteiger charge is -2.18. The number of nitrogens with one attached hydrogen (secondary N) is 1. The normalized spacial score (nSPS) is 11.2. The summed E-state index contributed by atoms with van der Waals surface area (Å²) in [6.45, 7) is 2.41. The molecule has 0 radical (unpaired) electrons. The third kappa shape index (κ3) is 4.23. The fourth-order valence-corrected chi connectivity index (χ4v) is 3.72. The summed E-state index contributed by atoms with van der Waals surface area (Å²) in [6, 6.07) is 13.8. The van der Waals surface area contributed by atoms with Crippen LogP contribution in [0.4, 0.5) is 0 Å². The minimum Gasteiger partial charge on any atom is -0.469 e. The van der Waals surface area contributed by atoms with E-state index in [1.165, 1.54) is 12.7 Å². The van der Waals surface area contributed by atoms with Gasteiger partial charge < -0.3 is 9.30 Å². The Balaban J connectivity index is 1.85. The molecule has 0 bridgehead atoms. The van der Waals surface area contributed by atoms with Crippen LogP contribution in [-0.4, -0.2) is 32.6 Å². The summed E-state index contributed by atoms with van der Waals surface area (Å²) in [5, 5.41) is 0. The van der Waals surface area contributed by atoms with E-state index in [1.54, 1.807) is 0 Å². The van der Waals surface area contributed by atoms with Gasteiger partial charge in [0.25, 0.3) is 5.56 Å². The highest BCUT2D eigenvalue weighted by molar-refractivity contribution is 5.83. The van der Waals surface area contributed by atoms with Crippen molar-refractivity contribution in [1.29, 1.82) is 0 Å². The van der Waals surface area contributed by atoms with Crippen LogP contribution < -0.4 is 11.2 Å². The summed E-state index contributed by atoms with van der Waals surface area (Å²) < 4.78 is 6.65. The topological polar surface area (TPSA) is 107 Å². The van der Waals surface area contributed by atoms with Gasteiger partial charge in [0.05, 0.1) is 24.6 Å². The molecule has 0 spiro atoms. The first-order valence-electron chi connectivity index (χ1n) is 10.0. The molecule has 1 N–H and O–H groups in total. The fourth-order valence-electron chi connectivity index (χ4n) is 3.72. The number of nitrogens with zero attached hydrogens (tertiary/aromatic N) is 3. The fraction of sp³-hybridized carbons (Fsp3) is 0.261. The number of H-pyrrole nitrogens is 1. The Hall–Kier alpha value is -3.81. The maximum atomic E-state index is 12.4. The molecule has 2 aromatic rings. The van der Waals surface area contributed by atoms with E-state index in [0.717, 1.165) is 24.0 Å². The standard InChI is InChI=1S/C23H22N4O4/c1-14-11-17-18(12-16(14)13-19(28)31-2)27(10-6-9-15-7-4-3-5-8-15)21-20(24-17)22(29)26-23(30)25-21/h3-5,7-8,11-12H,6,9-10,13H2,1-2H3,(H,26,29,30). The summed E-state index contributed by atoms with van der Waals surface area (Å²) in [5.41, 5.74) is 3.01. The third-order valence-corrected chi connectivity index (χ3v) is 5.32. The molecule has 0 aliphatic carbocycles. The van der Waals surface area contributed by atoms with Crippen molar-refractivity contribution in [3.8, 4) is 11.5 Å². The van der Waals surface area contributed by atoms with Crippen molar-refractivity contribution in [3.05, 3.63) is 80.0 Å². The zero-order valence-corrected chi connectivity index (χ0v) is 17.3. The van der Waals surface area contributed by atoms with Crippen LogP contribution in [0, 0.1) is 6.92 Å². The van der Waals surface area contributed by atoms with E-state index in [4.69, 9.17) is 4.74 Å². The number of carbonyl (C=O) groups excluding carboxylic acids is 1. The average molecular weight is 418 g/mol. The highest BCUT2D eigenvalue weighted by Gasteiger charge is 2.20. The van der Waals surface area contributed by atoms with Crippen LogP contribution in [0.5, 0.6) is 0 Å². The highest BCUT2D eigenvalue weighted by atomic mass is 16.5. The Bertz CT molecular complexity index is 1340. The van der Waals surface area contributed by atoms with Gasteiger partial charge in [-0.05, 0) is 48.6 Å². The van der Waals surface area contributed by atoms with Crippen LogP contribution in [0.2, 0.25) is 0 Å².